The van der Waals surface area contributed by atoms with Crippen LogP contribution in [0.3, 0.4) is 0 Å². The molecule has 188 valence electrons. The van der Waals surface area contributed by atoms with Gasteiger partial charge in [0, 0.05) is 50.2 Å². The number of rotatable bonds is 8. The molecule has 3 heterocycles. The molecule has 0 aliphatic carbocycles. The van der Waals surface area contributed by atoms with Gasteiger partial charge in [0.05, 0.1) is 12.6 Å². The van der Waals surface area contributed by atoms with Gasteiger partial charge in [0.25, 0.3) is 0 Å². The van der Waals surface area contributed by atoms with E-state index < -0.39 is 6.04 Å². The van der Waals surface area contributed by atoms with Crippen LogP contribution in [0.2, 0.25) is 0 Å². The molecule has 1 atom stereocenters. The highest BCUT2D eigenvalue weighted by Crippen LogP contribution is 2.25. The summed E-state index contributed by atoms with van der Waals surface area (Å²) in [5.41, 5.74) is 2.32. The Morgan fingerprint density at radius 3 is 2.56 bits per heavy atom. The Bertz CT molecular complexity index is 1350. The molecule has 0 bridgehead atoms. The van der Waals surface area contributed by atoms with Gasteiger partial charge in [0.15, 0.2) is 11.5 Å². The van der Waals surface area contributed by atoms with Crippen molar-refractivity contribution < 1.29 is 9.53 Å². The minimum absolute atomic E-state index is 0.0808. The van der Waals surface area contributed by atoms with Crippen molar-refractivity contribution in [2.24, 2.45) is 0 Å². The fourth-order valence-corrected chi connectivity index (χ4v) is 4.33. The Morgan fingerprint density at radius 1 is 1.06 bits per heavy atom. The molecule has 1 amide bonds. The molecule has 1 aliphatic rings. The van der Waals surface area contributed by atoms with Crippen molar-refractivity contribution in [3.8, 4) is 17.1 Å². The number of carbonyl (C=O) groups is 1. The van der Waals surface area contributed by atoms with E-state index in [1.807, 2.05) is 55.5 Å². The molecule has 1 fully saturated rings. The lowest BCUT2D eigenvalue weighted by Gasteiger charge is -2.32. The Kier molecular flexibility index (Phi) is 6.97. The summed E-state index contributed by atoms with van der Waals surface area (Å²) in [4.78, 5) is 27.1. The molecular formula is C26H32N8O2. The Labute approximate surface area is 210 Å². The van der Waals surface area contributed by atoms with Gasteiger partial charge in [-0.1, -0.05) is 12.1 Å². The first-order chi connectivity index (χ1) is 17.5. The molecule has 0 unspecified atom stereocenters. The highest BCUT2D eigenvalue weighted by molar-refractivity contribution is 5.93. The van der Waals surface area contributed by atoms with E-state index in [-0.39, 0.29) is 5.91 Å². The molecule has 10 nitrogen and oxygen atoms in total. The molecule has 10 heteroatoms. The number of piperazine rings is 1. The van der Waals surface area contributed by atoms with Crippen LogP contribution in [0.1, 0.15) is 6.92 Å². The van der Waals surface area contributed by atoms with Crippen LogP contribution in [-0.4, -0.2) is 94.8 Å². The predicted octanol–water partition coefficient (Wildman–Crippen LogP) is 2.12. The molecule has 0 spiro atoms. The lowest BCUT2D eigenvalue weighted by molar-refractivity contribution is -0.121. The average molecular weight is 489 g/mol. The molecular weight excluding hydrogens is 456 g/mol. The zero-order valence-corrected chi connectivity index (χ0v) is 20.9. The minimum Gasteiger partial charge on any atom is -0.497 e. The zero-order valence-electron chi connectivity index (χ0n) is 20.9. The largest absolute Gasteiger partial charge is 0.497 e. The SMILES string of the molecule is COc1ccc(-c2nc3c4ccccc4nc(N[C@H](C)C(=O)NCCN4CCN(C)CC4)n3n2)cc1. The summed E-state index contributed by atoms with van der Waals surface area (Å²) in [6.07, 6.45) is 0. The minimum atomic E-state index is -0.497. The lowest BCUT2D eigenvalue weighted by atomic mass is 10.2. The van der Waals surface area contributed by atoms with Crippen molar-refractivity contribution in [3.05, 3.63) is 48.5 Å². The van der Waals surface area contributed by atoms with Gasteiger partial charge in [-0.25, -0.2) is 9.97 Å². The summed E-state index contributed by atoms with van der Waals surface area (Å²) in [5, 5.41) is 11.9. The molecule has 0 saturated carbocycles. The van der Waals surface area contributed by atoms with Crippen molar-refractivity contribution in [3.63, 3.8) is 0 Å². The number of nitrogens with zero attached hydrogens (tertiary/aromatic N) is 6. The second-order valence-electron chi connectivity index (χ2n) is 9.15. The number of methoxy groups -OCH3 is 1. The number of carbonyl (C=O) groups excluding carboxylic acids is 1. The molecule has 2 aromatic carbocycles. The van der Waals surface area contributed by atoms with Crippen LogP contribution in [0.5, 0.6) is 5.75 Å². The normalized spacial score (nSPS) is 15.8. The van der Waals surface area contributed by atoms with Crippen LogP contribution in [0.25, 0.3) is 27.9 Å². The first kappa shape index (κ1) is 24.0. The molecule has 2 N–H and O–H groups in total. The number of ether oxygens (including phenoxy) is 1. The fraction of sp³-hybridized carbons (Fsp3) is 0.385. The number of amides is 1. The summed E-state index contributed by atoms with van der Waals surface area (Å²) < 4.78 is 6.94. The number of aromatic nitrogens is 4. The fourth-order valence-electron chi connectivity index (χ4n) is 4.33. The third kappa shape index (κ3) is 5.09. The van der Waals surface area contributed by atoms with E-state index in [2.05, 4.69) is 27.5 Å². The number of fused-ring (bicyclic) bond motifs is 3. The summed E-state index contributed by atoms with van der Waals surface area (Å²) in [6, 6.07) is 14.9. The molecule has 4 aromatic rings. The van der Waals surface area contributed by atoms with Crippen LogP contribution >= 0.6 is 0 Å². The summed E-state index contributed by atoms with van der Waals surface area (Å²) >= 11 is 0. The third-order valence-electron chi connectivity index (χ3n) is 6.59. The summed E-state index contributed by atoms with van der Waals surface area (Å²) in [5.74, 6) is 1.73. The second-order valence-corrected chi connectivity index (χ2v) is 9.15. The van der Waals surface area contributed by atoms with Gasteiger partial charge in [0.2, 0.25) is 11.9 Å². The van der Waals surface area contributed by atoms with Crippen LogP contribution in [0, 0.1) is 0 Å². The van der Waals surface area contributed by atoms with E-state index >= 15 is 0 Å². The van der Waals surface area contributed by atoms with Gasteiger partial charge in [-0.2, -0.15) is 4.52 Å². The number of nitrogens with one attached hydrogen (secondary N) is 2. The highest BCUT2D eigenvalue weighted by Gasteiger charge is 2.19. The first-order valence-corrected chi connectivity index (χ1v) is 12.3. The average Bonchev–Trinajstić information content (AvgIpc) is 3.36. The maximum Gasteiger partial charge on any atom is 0.242 e. The van der Waals surface area contributed by atoms with Gasteiger partial charge in [-0.15, -0.1) is 5.10 Å². The number of likely N-dealkylation sites (N-methyl/N-ethyl adjacent to an activating group) is 1. The maximum atomic E-state index is 12.8. The molecule has 0 radical (unpaired) electrons. The smallest absolute Gasteiger partial charge is 0.242 e. The predicted molar refractivity (Wildman–Crippen MR) is 140 cm³/mol. The zero-order chi connectivity index (χ0) is 25.1. The van der Waals surface area contributed by atoms with Crippen molar-refractivity contribution in [2.45, 2.75) is 13.0 Å². The molecule has 1 saturated heterocycles. The van der Waals surface area contributed by atoms with E-state index in [4.69, 9.17) is 19.8 Å². The van der Waals surface area contributed by atoms with Crippen molar-refractivity contribution in [1.82, 2.24) is 34.7 Å². The topological polar surface area (TPSA) is 99.9 Å². The number of para-hydroxylation sites is 1. The van der Waals surface area contributed by atoms with E-state index in [1.54, 1.807) is 11.6 Å². The van der Waals surface area contributed by atoms with Gasteiger partial charge in [-0.3, -0.25) is 9.69 Å². The van der Waals surface area contributed by atoms with Crippen LogP contribution in [0.4, 0.5) is 5.95 Å². The quantitative estimate of drug-likeness (QED) is 0.389. The van der Waals surface area contributed by atoms with E-state index in [9.17, 15) is 4.79 Å². The van der Waals surface area contributed by atoms with Crippen LogP contribution in [-0.2, 0) is 4.79 Å². The Hall–Kier alpha value is -3.76. The first-order valence-electron chi connectivity index (χ1n) is 12.3. The number of benzene rings is 2. The van der Waals surface area contributed by atoms with E-state index in [0.717, 1.165) is 54.9 Å². The highest BCUT2D eigenvalue weighted by atomic mass is 16.5. The maximum absolute atomic E-state index is 12.8. The summed E-state index contributed by atoms with van der Waals surface area (Å²) in [6.45, 7) is 7.47. The van der Waals surface area contributed by atoms with Crippen molar-refractivity contribution in [1.29, 1.82) is 0 Å². The van der Waals surface area contributed by atoms with Gasteiger partial charge in [-0.05, 0) is 50.4 Å². The van der Waals surface area contributed by atoms with Crippen LogP contribution in [0.15, 0.2) is 48.5 Å². The summed E-state index contributed by atoms with van der Waals surface area (Å²) in [7, 11) is 3.77. The van der Waals surface area contributed by atoms with Crippen LogP contribution < -0.4 is 15.4 Å². The second kappa shape index (κ2) is 10.5. The Morgan fingerprint density at radius 2 is 1.81 bits per heavy atom. The van der Waals surface area contributed by atoms with Gasteiger partial charge < -0.3 is 20.3 Å². The molecule has 36 heavy (non-hydrogen) atoms. The molecule has 5 rings (SSSR count). The number of hydrogen-bond donors (Lipinski definition) is 2. The van der Waals surface area contributed by atoms with Gasteiger partial charge in [0.1, 0.15) is 11.8 Å². The lowest BCUT2D eigenvalue weighted by Crippen LogP contribution is -2.48. The number of anilines is 1. The molecule has 2 aromatic heterocycles. The van der Waals surface area contributed by atoms with Gasteiger partial charge >= 0.3 is 0 Å². The third-order valence-corrected chi connectivity index (χ3v) is 6.59. The van der Waals surface area contributed by atoms with Crippen molar-refractivity contribution in [2.75, 3.05) is 58.7 Å². The van der Waals surface area contributed by atoms with E-state index in [0.29, 0.717) is 24.0 Å². The Balaban J connectivity index is 1.34. The number of hydrogen-bond acceptors (Lipinski definition) is 8. The van der Waals surface area contributed by atoms with E-state index in [1.165, 1.54) is 0 Å². The standard InChI is InChI=1S/C26H32N8O2/c1-18(25(35)27-12-13-33-16-14-32(2)15-17-33)28-26-29-22-7-5-4-6-21(22)24-30-23(31-34(24)26)19-8-10-20(36-3)11-9-19/h4-11,18H,12-17H2,1-3H3,(H,27,35)(H,28,29)/t18-/m1/s1. The van der Waals surface area contributed by atoms with Crippen molar-refractivity contribution >= 4 is 28.4 Å². The monoisotopic (exact) mass is 488 g/mol. The molecule has 1 aliphatic heterocycles.